The first-order chi connectivity index (χ1) is 12.0. The first-order valence-corrected chi connectivity index (χ1v) is 9.70. The highest BCUT2D eigenvalue weighted by molar-refractivity contribution is 7.14. The maximum atomic E-state index is 12.2. The molecule has 0 unspecified atom stereocenters. The minimum absolute atomic E-state index is 0.0706. The van der Waals surface area contributed by atoms with Gasteiger partial charge in [0.1, 0.15) is 4.88 Å². The summed E-state index contributed by atoms with van der Waals surface area (Å²) in [5, 5.41) is 2.79. The summed E-state index contributed by atoms with van der Waals surface area (Å²) < 4.78 is 5.15. The number of hydrogen-bond donors (Lipinski definition) is 1. The molecule has 1 aliphatic carbocycles. The number of fused-ring (bicyclic) bond motifs is 1. The van der Waals surface area contributed by atoms with E-state index in [1.165, 1.54) is 33.7 Å². The summed E-state index contributed by atoms with van der Waals surface area (Å²) in [5.41, 5.74) is 0.867. The van der Waals surface area contributed by atoms with Crippen molar-refractivity contribution in [2.75, 3.05) is 20.2 Å². The van der Waals surface area contributed by atoms with E-state index >= 15 is 0 Å². The number of aryl methyl sites for hydroxylation is 1. The number of nitrogens with one attached hydrogen (secondary N) is 1. The largest absolute Gasteiger partial charge is 0.451 e. The Kier molecular flexibility index (Phi) is 6.44. The zero-order chi connectivity index (χ0) is 19.5. The number of carbonyl (C=O) groups is 3. The molecule has 0 spiro atoms. The summed E-state index contributed by atoms with van der Waals surface area (Å²) in [7, 11) is 1.52. The Morgan fingerprint density at radius 3 is 2.69 bits per heavy atom. The van der Waals surface area contributed by atoms with Crippen LogP contribution < -0.4 is 5.32 Å². The van der Waals surface area contributed by atoms with Crippen molar-refractivity contribution in [2.45, 2.75) is 52.5 Å². The zero-order valence-corrected chi connectivity index (χ0v) is 17.0. The van der Waals surface area contributed by atoms with Crippen LogP contribution in [-0.2, 0) is 27.2 Å². The van der Waals surface area contributed by atoms with Crippen molar-refractivity contribution in [3.8, 4) is 0 Å². The minimum atomic E-state index is -0.474. The monoisotopic (exact) mass is 380 g/mol. The fraction of sp³-hybridized carbons (Fsp3) is 0.632. The molecule has 0 aliphatic heterocycles. The van der Waals surface area contributed by atoms with Crippen LogP contribution in [0.5, 0.6) is 0 Å². The normalized spacial score (nSPS) is 16.6. The summed E-state index contributed by atoms with van der Waals surface area (Å²) in [5.74, 6) is -0.495. The van der Waals surface area contributed by atoms with Gasteiger partial charge in [0.15, 0.2) is 6.61 Å². The van der Waals surface area contributed by atoms with Crippen molar-refractivity contribution in [1.82, 2.24) is 10.2 Å². The number of likely N-dealkylation sites (N-methyl/N-ethyl adjacent to an activating group) is 1. The molecule has 0 fully saturated rings. The van der Waals surface area contributed by atoms with E-state index < -0.39 is 11.9 Å². The van der Waals surface area contributed by atoms with E-state index in [2.05, 4.69) is 12.2 Å². The van der Waals surface area contributed by atoms with Crippen LogP contribution in [0.25, 0.3) is 0 Å². The SMILES string of the molecule is C[C@H]1CCc2sc(C(=O)OCC(=O)N(C)CC(=O)NC(C)(C)C)cc2C1. The maximum Gasteiger partial charge on any atom is 0.348 e. The zero-order valence-electron chi connectivity index (χ0n) is 16.2. The molecule has 0 aromatic carbocycles. The number of thiophene rings is 1. The third kappa shape index (κ3) is 5.83. The van der Waals surface area contributed by atoms with Gasteiger partial charge in [0.05, 0.1) is 6.54 Å². The Balaban J connectivity index is 1.83. The van der Waals surface area contributed by atoms with Gasteiger partial charge in [0.2, 0.25) is 5.91 Å². The van der Waals surface area contributed by atoms with E-state index in [-0.39, 0.29) is 24.6 Å². The Hall–Kier alpha value is -1.89. The van der Waals surface area contributed by atoms with Crippen molar-refractivity contribution < 1.29 is 19.1 Å². The molecule has 0 radical (unpaired) electrons. The number of rotatable bonds is 5. The molecular weight excluding hydrogens is 352 g/mol. The number of amides is 2. The van der Waals surface area contributed by atoms with E-state index in [4.69, 9.17) is 4.74 Å². The standard InChI is InChI=1S/C19H28N2O4S/c1-12-6-7-14-13(8-12)9-15(26-14)18(24)25-11-17(23)21(5)10-16(22)20-19(2,3)4/h9,12H,6-8,10-11H2,1-5H3,(H,20,22)/t12-/m0/s1. The van der Waals surface area contributed by atoms with Gasteiger partial charge in [-0.05, 0) is 57.6 Å². The molecule has 0 saturated carbocycles. The van der Waals surface area contributed by atoms with Gasteiger partial charge >= 0.3 is 5.97 Å². The molecule has 1 N–H and O–H groups in total. The molecule has 0 bridgehead atoms. The topological polar surface area (TPSA) is 75.7 Å². The van der Waals surface area contributed by atoms with Crippen molar-refractivity contribution in [1.29, 1.82) is 0 Å². The maximum absolute atomic E-state index is 12.2. The Morgan fingerprint density at radius 1 is 1.35 bits per heavy atom. The molecule has 1 aromatic rings. The molecule has 0 saturated heterocycles. The highest BCUT2D eigenvalue weighted by Gasteiger charge is 2.23. The van der Waals surface area contributed by atoms with Crippen molar-refractivity contribution in [3.63, 3.8) is 0 Å². The van der Waals surface area contributed by atoms with Crippen LogP contribution in [0.1, 0.15) is 54.2 Å². The first-order valence-electron chi connectivity index (χ1n) is 8.89. The van der Waals surface area contributed by atoms with Gasteiger partial charge in [-0.3, -0.25) is 9.59 Å². The van der Waals surface area contributed by atoms with Crippen LogP contribution in [0.15, 0.2) is 6.07 Å². The van der Waals surface area contributed by atoms with Gasteiger partial charge in [0.25, 0.3) is 5.91 Å². The Labute approximate surface area is 158 Å². The van der Waals surface area contributed by atoms with Gasteiger partial charge in [-0.2, -0.15) is 0 Å². The van der Waals surface area contributed by atoms with Crippen LogP contribution in [0.3, 0.4) is 0 Å². The van der Waals surface area contributed by atoms with Gasteiger partial charge < -0.3 is 15.0 Å². The van der Waals surface area contributed by atoms with Crippen LogP contribution in [0.2, 0.25) is 0 Å². The summed E-state index contributed by atoms with van der Waals surface area (Å²) in [6.45, 7) is 7.39. The Bertz CT molecular complexity index is 690. The van der Waals surface area contributed by atoms with Gasteiger partial charge in [-0.15, -0.1) is 11.3 Å². The molecule has 1 heterocycles. The molecule has 2 amide bonds. The number of hydrogen-bond acceptors (Lipinski definition) is 5. The molecule has 2 rings (SSSR count). The van der Waals surface area contributed by atoms with Gasteiger partial charge in [-0.1, -0.05) is 6.92 Å². The molecule has 7 heteroatoms. The summed E-state index contributed by atoms with van der Waals surface area (Å²) >= 11 is 1.46. The van der Waals surface area contributed by atoms with E-state index in [9.17, 15) is 14.4 Å². The molecule has 144 valence electrons. The highest BCUT2D eigenvalue weighted by atomic mass is 32.1. The van der Waals surface area contributed by atoms with Crippen molar-refractivity contribution in [2.24, 2.45) is 5.92 Å². The van der Waals surface area contributed by atoms with Crippen LogP contribution in [0.4, 0.5) is 0 Å². The molecule has 26 heavy (non-hydrogen) atoms. The molecule has 6 nitrogen and oxygen atoms in total. The fourth-order valence-electron chi connectivity index (χ4n) is 2.88. The lowest BCUT2D eigenvalue weighted by Crippen LogP contribution is -2.46. The number of esters is 1. The molecule has 1 aromatic heterocycles. The second-order valence-corrected chi connectivity index (χ2v) is 9.17. The minimum Gasteiger partial charge on any atom is -0.451 e. The van der Waals surface area contributed by atoms with Crippen molar-refractivity contribution >= 4 is 29.1 Å². The van der Waals surface area contributed by atoms with Crippen molar-refractivity contribution in [3.05, 3.63) is 21.4 Å². The average Bonchev–Trinajstić information content (AvgIpc) is 2.93. The molecule has 1 atom stereocenters. The summed E-state index contributed by atoms with van der Waals surface area (Å²) in [4.78, 5) is 39.2. The lowest BCUT2D eigenvalue weighted by atomic mass is 9.90. The van der Waals surface area contributed by atoms with Crippen LogP contribution in [-0.4, -0.2) is 48.4 Å². The van der Waals surface area contributed by atoms with Crippen LogP contribution >= 0.6 is 11.3 Å². The summed E-state index contributed by atoms with van der Waals surface area (Å²) in [6, 6.07) is 1.89. The second kappa shape index (κ2) is 8.20. The van der Waals surface area contributed by atoms with Gasteiger partial charge in [0, 0.05) is 17.5 Å². The third-order valence-electron chi connectivity index (χ3n) is 4.18. The lowest BCUT2D eigenvalue weighted by Gasteiger charge is -2.23. The first kappa shape index (κ1) is 20.4. The molecular formula is C19H28N2O4S. The predicted octanol–water partition coefficient (Wildman–Crippen LogP) is 2.40. The van der Waals surface area contributed by atoms with E-state index in [1.54, 1.807) is 0 Å². The lowest BCUT2D eigenvalue weighted by molar-refractivity contribution is -0.137. The van der Waals surface area contributed by atoms with Gasteiger partial charge in [-0.25, -0.2) is 4.79 Å². The average molecular weight is 381 g/mol. The summed E-state index contributed by atoms with van der Waals surface area (Å²) in [6.07, 6.45) is 3.13. The molecule has 1 aliphatic rings. The predicted molar refractivity (Wildman–Crippen MR) is 101 cm³/mol. The number of ether oxygens (including phenoxy) is 1. The van der Waals surface area contributed by atoms with E-state index in [0.717, 1.165) is 19.3 Å². The smallest absolute Gasteiger partial charge is 0.348 e. The van der Waals surface area contributed by atoms with E-state index in [0.29, 0.717) is 10.8 Å². The van der Waals surface area contributed by atoms with Crippen LogP contribution in [0, 0.1) is 5.92 Å². The second-order valence-electron chi connectivity index (χ2n) is 8.03. The fourth-order valence-corrected chi connectivity index (χ4v) is 3.98. The number of nitrogens with zero attached hydrogens (tertiary/aromatic N) is 1. The Morgan fingerprint density at radius 2 is 2.04 bits per heavy atom. The number of carbonyl (C=O) groups excluding carboxylic acids is 3. The quantitative estimate of drug-likeness (QED) is 0.796. The third-order valence-corrected chi connectivity index (χ3v) is 5.40. The highest BCUT2D eigenvalue weighted by Crippen LogP contribution is 2.32. The van der Waals surface area contributed by atoms with E-state index in [1.807, 2.05) is 26.8 Å².